The zero-order valence-corrected chi connectivity index (χ0v) is 13.7. The van der Waals surface area contributed by atoms with Crippen molar-refractivity contribution in [3.8, 4) is 0 Å². The Labute approximate surface area is 138 Å². The van der Waals surface area contributed by atoms with E-state index in [2.05, 4.69) is 0 Å². The van der Waals surface area contributed by atoms with Gasteiger partial charge in [-0.1, -0.05) is 30.3 Å². The van der Waals surface area contributed by atoms with Crippen LogP contribution in [0.2, 0.25) is 0 Å². The number of amides is 1. The Morgan fingerprint density at radius 2 is 1.96 bits per heavy atom. The molecule has 0 bridgehead atoms. The number of fused-ring (bicyclic) bond motifs is 1. The van der Waals surface area contributed by atoms with Crippen molar-refractivity contribution >= 4 is 29.4 Å². The normalized spacial score (nSPS) is 28.0. The number of nitrogens with zero attached hydrogens (tertiary/aromatic N) is 1. The van der Waals surface area contributed by atoms with E-state index in [4.69, 9.17) is 10.5 Å². The van der Waals surface area contributed by atoms with Crippen LogP contribution in [0.15, 0.2) is 30.3 Å². The van der Waals surface area contributed by atoms with Gasteiger partial charge in [0, 0.05) is 10.3 Å². The number of ketones is 1. The first-order valence-corrected chi connectivity index (χ1v) is 8.21. The minimum Gasteiger partial charge on any atom is -0.456 e. The number of benzene rings is 1. The van der Waals surface area contributed by atoms with Crippen LogP contribution in [0.25, 0.3) is 0 Å². The number of nitrogens with two attached hydrogens (primary N) is 1. The summed E-state index contributed by atoms with van der Waals surface area (Å²) in [5, 5.41) is -0.195. The van der Waals surface area contributed by atoms with Gasteiger partial charge in [0.2, 0.25) is 5.91 Å². The largest absolute Gasteiger partial charge is 0.456 e. The summed E-state index contributed by atoms with van der Waals surface area (Å²) in [6.45, 7) is 3.42. The van der Waals surface area contributed by atoms with E-state index in [9.17, 15) is 14.4 Å². The summed E-state index contributed by atoms with van der Waals surface area (Å²) < 4.78 is 4.68. The van der Waals surface area contributed by atoms with E-state index < -0.39 is 22.8 Å². The summed E-state index contributed by atoms with van der Waals surface area (Å²) in [6, 6.07) is 7.35. The Morgan fingerprint density at radius 3 is 2.61 bits per heavy atom. The molecule has 3 rings (SSSR count). The smallest absolute Gasteiger partial charge is 0.330 e. The first-order chi connectivity index (χ1) is 10.8. The van der Waals surface area contributed by atoms with Crippen molar-refractivity contribution in [3.63, 3.8) is 0 Å². The molecule has 122 valence electrons. The van der Waals surface area contributed by atoms with Gasteiger partial charge < -0.3 is 15.4 Å². The van der Waals surface area contributed by atoms with Gasteiger partial charge in [-0.15, -0.1) is 11.8 Å². The summed E-state index contributed by atoms with van der Waals surface area (Å²) in [5.74, 6) is -1.08. The average Bonchev–Trinajstić information content (AvgIpc) is 2.81. The molecule has 23 heavy (non-hydrogen) atoms. The summed E-state index contributed by atoms with van der Waals surface area (Å²) in [5.41, 5.74) is 6.26. The highest BCUT2D eigenvalue weighted by Gasteiger charge is 2.63. The van der Waals surface area contributed by atoms with Gasteiger partial charge >= 0.3 is 5.97 Å². The number of β-lactam (4-membered cyclic amide) rings is 1. The molecule has 2 fully saturated rings. The van der Waals surface area contributed by atoms with Gasteiger partial charge in [-0.05, 0) is 13.8 Å². The molecule has 1 aromatic rings. The second kappa shape index (κ2) is 5.65. The molecular formula is C16H18N2O4S. The minimum absolute atomic E-state index is 0.195. The highest BCUT2D eigenvalue weighted by Crippen LogP contribution is 2.50. The van der Waals surface area contributed by atoms with Gasteiger partial charge in [0.05, 0.1) is 0 Å². The molecule has 1 amide bonds. The number of ether oxygens (including phenoxy) is 1. The molecule has 2 heterocycles. The lowest BCUT2D eigenvalue weighted by molar-refractivity contribution is -0.162. The number of hydrogen-bond acceptors (Lipinski definition) is 6. The Balaban J connectivity index is 1.66. The van der Waals surface area contributed by atoms with Crippen LogP contribution in [0.3, 0.4) is 0 Å². The topological polar surface area (TPSA) is 89.7 Å². The van der Waals surface area contributed by atoms with Gasteiger partial charge in [0.15, 0.2) is 12.4 Å². The monoisotopic (exact) mass is 334 g/mol. The summed E-state index contributed by atoms with van der Waals surface area (Å²) >= 11 is 1.49. The van der Waals surface area contributed by atoms with Gasteiger partial charge in [0.1, 0.15) is 17.5 Å². The Hall–Kier alpha value is -1.86. The first-order valence-electron chi connectivity index (χ1n) is 7.33. The van der Waals surface area contributed by atoms with Crippen LogP contribution in [0, 0.1) is 0 Å². The molecule has 0 saturated carbocycles. The highest BCUT2D eigenvalue weighted by atomic mass is 32.2. The molecular weight excluding hydrogens is 316 g/mol. The number of carbonyl (C=O) groups excluding carboxylic acids is 3. The third-order valence-electron chi connectivity index (χ3n) is 4.15. The van der Waals surface area contributed by atoms with E-state index in [0.717, 1.165) is 0 Å². The maximum absolute atomic E-state index is 12.4. The van der Waals surface area contributed by atoms with Crippen molar-refractivity contribution in [2.45, 2.75) is 36.1 Å². The molecule has 7 heteroatoms. The SMILES string of the molecule is CC1(C)S[C@@H]2C(N)C(=O)N2[C@H]1C(=O)OCC(=O)c1ccccc1. The van der Waals surface area contributed by atoms with Crippen LogP contribution in [0.1, 0.15) is 24.2 Å². The fourth-order valence-electron chi connectivity index (χ4n) is 2.95. The van der Waals surface area contributed by atoms with E-state index in [1.807, 2.05) is 13.8 Å². The van der Waals surface area contributed by atoms with Crippen LogP contribution in [0.4, 0.5) is 0 Å². The standard InChI is InChI=1S/C16H18N2O4S/c1-16(2)12(18-13(20)11(17)14(18)23-16)15(21)22-8-10(19)9-6-4-3-5-7-9/h3-7,11-12,14H,8,17H2,1-2H3/t11?,12-,14+/m0/s1. The van der Waals surface area contributed by atoms with Gasteiger partial charge in [-0.25, -0.2) is 4.79 Å². The van der Waals surface area contributed by atoms with E-state index in [1.54, 1.807) is 30.3 Å². The Kier molecular flexibility index (Phi) is 3.93. The first kappa shape index (κ1) is 16.0. The van der Waals surface area contributed by atoms with Crippen molar-refractivity contribution < 1.29 is 19.1 Å². The maximum Gasteiger partial charge on any atom is 0.330 e. The average molecular weight is 334 g/mol. The molecule has 1 aromatic carbocycles. The summed E-state index contributed by atoms with van der Waals surface area (Å²) in [7, 11) is 0. The van der Waals surface area contributed by atoms with E-state index >= 15 is 0 Å². The van der Waals surface area contributed by atoms with Crippen molar-refractivity contribution in [1.82, 2.24) is 4.90 Å². The lowest BCUT2D eigenvalue weighted by atomic mass is 9.96. The van der Waals surface area contributed by atoms with Crippen molar-refractivity contribution in [1.29, 1.82) is 0 Å². The van der Waals surface area contributed by atoms with E-state index in [1.165, 1.54) is 16.7 Å². The van der Waals surface area contributed by atoms with Crippen molar-refractivity contribution in [3.05, 3.63) is 35.9 Å². The number of hydrogen-bond donors (Lipinski definition) is 1. The molecule has 0 radical (unpaired) electrons. The minimum atomic E-state index is -0.714. The number of rotatable bonds is 4. The third kappa shape index (κ3) is 2.64. The molecule has 6 nitrogen and oxygen atoms in total. The van der Waals surface area contributed by atoms with Crippen LogP contribution < -0.4 is 5.73 Å². The second-order valence-electron chi connectivity index (χ2n) is 6.18. The molecule has 1 unspecified atom stereocenters. The molecule has 2 aliphatic heterocycles. The van der Waals surface area contributed by atoms with Crippen LogP contribution in [-0.2, 0) is 14.3 Å². The van der Waals surface area contributed by atoms with Gasteiger partial charge in [-0.2, -0.15) is 0 Å². The fourth-order valence-corrected chi connectivity index (χ4v) is 4.51. The van der Waals surface area contributed by atoms with Crippen LogP contribution >= 0.6 is 11.8 Å². The molecule has 0 aliphatic carbocycles. The van der Waals surface area contributed by atoms with Gasteiger partial charge in [0.25, 0.3) is 0 Å². The molecule has 3 atom stereocenters. The number of esters is 1. The van der Waals surface area contributed by atoms with Crippen LogP contribution in [-0.4, -0.2) is 51.4 Å². The highest BCUT2D eigenvalue weighted by molar-refractivity contribution is 8.01. The molecule has 2 saturated heterocycles. The molecule has 2 aliphatic rings. The van der Waals surface area contributed by atoms with Crippen molar-refractivity contribution in [2.24, 2.45) is 5.73 Å². The maximum atomic E-state index is 12.4. The molecule has 0 aromatic heterocycles. The number of thioether (sulfide) groups is 1. The second-order valence-corrected chi connectivity index (χ2v) is 7.95. The molecule has 0 spiro atoms. The molecule has 2 N–H and O–H groups in total. The number of carbonyl (C=O) groups is 3. The third-order valence-corrected chi connectivity index (χ3v) is 5.74. The zero-order chi connectivity index (χ0) is 16.8. The zero-order valence-electron chi connectivity index (χ0n) is 12.9. The van der Waals surface area contributed by atoms with E-state index in [-0.39, 0.29) is 23.7 Å². The Morgan fingerprint density at radius 1 is 1.30 bits per heavy atom. The fraction of sp³-hybridized carbons (Fsp3) is 0.438. The van der Waals surface area contributed by atoms with Crippen LogP contribution in [0.5, 0.6) is 0 Å². The number of Topliss-reactive ketones (excluding diaryl/α,β-unsaturated/α-hetero) is 1. The van der Waals surface area contributed by atoms with Crippen molar-refractivity contribution in [2.75, 3.05) is 6.61 Å². The summed E-state index contributed by atoms with van der Waals surface area (Å²) in [6.07, 6.45) is 0. The van der Waals surface area contributed by atoms with E-state index in [0.29, 0.717) is 5.56 Å². The van der Waals surface area contributed by atoms with Gasteiger partial charge in [-0.3, -0.25) is 9.59 Å². The quantitative estimate of drug-likeness (QED) is 0.498. The lowest BCUT2D eigenvalue weighted by Gasteiger charge is -2.41. The summed E-state index contributed by atoms with van der Waals surface area (Å²) in [4.78, 5) is 37.8. The lowest BCUT2D eigenvalue weighted by Crippen LogP contribution is -2.68. The predicted molar refractivity (Wildman–Crippen MR) is 85.8 cm³/mol. The predicted octanol–water partition coefficient (Wildman–Crippen LogP) is 0.802. The Bertz CT molecular complexity index is 661.